The number of hydrogen-bond donors (Lipinski definition) is 2. The van der Waals surface area contributed by atoms with E-state index in [1.807, 2.05) is 24.5 Å². The van der Waals surface area contributed by atoms with Crippen molar-refractivity contribution in [3.63, 3.8) is 0 Å². The Hall–Kier alpha value is -1.49. The van der Waals surface area contributed by atoms with Gasteiger partial charge in [-0.3, -0.25) is 9.59 Å². The van der Waals surface area contributed by atoms with Gasteiger partial charge in [0.1, 0.15) is 0 Å². The highest BCUT2D eigenvalue weighted by Gasteiger charge is 2.46. The average molecular weight is 293 g/mol. The van der Waals surface area contributed by atoms with Crippen LogP contribution in [-0.2, 0) is 4.79 Å². The summed E-state index contributed by atoms with van der Waals surface area (Å²) < 4.78 is 0. The Morgan fingerprint density at radius 3 is 2.75 bits per heavy atom. The quantitative estimate of drug-likeness (QED) is 0.838. The zero-order valence-electron chi connectivity index (χ0n) is 11.7. The van der Waals surface area contributed by atoms with Crippen LogP contribution >= 0.6 is 11.8 Å². The van der Waals surface area contributed by atoms with Gasteiger partial charge in [0.15, 0.2) is 0 Å². The van der Waals surface area contributed by atoms with Gasteiger partial charge in [0, 0.05) is 10.9 Å². The number of hydrogen-bond acceptors (Lipinski definition) is 3. The lowest BCUT2D eigenvalue weighted by Crippen LogP contribution is -2.47. The lowest BCUT2D eigenvalue weighted by Gasteiger charge is -2.27. The number of thioether (sulfide) groups is 1. The van der Waals surface area contributed by atoms with Crippen molar-refractivity contribution in [3.05, 3.63) is 29.8 Å². The minimum atomic E-state index is -0.857. The second kappa shape index (κ2) is 5.87. The van der Waals surface area contributed by atoms with E-state index >= 15 is 0 Å². The first-order valence-electron chi connectivity index (χ1n) is 6.66. The molecule has 108 valence electrons. The van der Waals surface area contributed by atoms with Gasteiger partial charge in [-0.05, 0) is 38.2 Å². The van der Waals surface area contributed by atoms with Crippen molar-refractivity contribution >= 4 is 23.6 Å². The standard InChI is InChI=1S/C15H19NO3S/c1-15(14(18)19)9-5-8-12(15)16-13(17)10-6-3-4-7-11(10)20-2/h3-4,6-7,12H,5,8-9H2,1-2H3,(H,16,17)(H,18,19). The van der Waals surface area contributed by atoms with Gasteiger partial charge < -0.3 is 10.4 Å². The third-order valence-corrected chi connectivity index (χ3v) is 4.90. The molecule has 0 saturated heterocycles. The first-order valence-corrected chi connectivity index (χ1v) is 7.89. The van der Waals surface area contributed by atoms with Crippen LogP contribution in [-0.4, -0.2) is 29.3 Å². The third kappa shape index (κ3) is 2.68. The van der Waals surface area contributed by atoms with Crippen LogP contribution in [0.4, 0.5) is 0 Å². The predicted octanol–water partition coefficient (Wildman–Crippen LogP) is 2.78. The number of nitrogens with one attached hydrogen (secondary N) is 1. The van der Waals surface area contributed by atoms with Crippen LogP contribution < -0.4 is 5.32 Å². The highest BCUT2D eigenvalue weighted by Crippen LogP contribution is 2.38. The van der Waals surface area contributed by atoms with Crippen LogP contribution in [0.25, 0.3) is 0 Å². The van der Waals surface area contributed by atoms with Crippen molar-refractivity contribution in [1.29, 1.82) is 0 Å². The fourth-order valence-electron chi connectivity index (χ4n) is 2.72. The highest BCUT2D eigenvalue weighted by atomic mass is 32.2. The predicted molar refractivity (Wildman–Crippen MR) is 79.1 cm³/mol. The lowest BCUT2D eigenvalue weighted by atomic mass is 9.85. The summed E-state index contributed by atoms with van der Waals surface area (Å²) in [7, 11) is 0. The maximum Gasteiger partial charge on any atom is 0.311 e. The molecule has 5 heteroatoms. The number of amides is 1. The van der Waals surface area contributed by atoms with Crippen LogP contribution in [0.1, 0.15) is 36.5 Å². The number of rotatable bonds is 4. The minimum absolute atomic E-state index is 0.186. The maximum atomic E-state index is 12.4. The molecule has 0 heterocycles. The molecule has 0 bridgehead atoms. The number of aliphatic carboxylic acids is 1. The molecule has 1 saturated carbocycles. The van der Waals surface area contributed by atoms with Crippen molar-refractivity contribution in [2.45, 2.75) is 37.1 Å². The molecule has 1 aromatic rings. The first-order chi connectivity index (χ1) is 9.49. The van der Waals surface area contributed by atoms with Crippen molar-refractivity contribution in [3.8, 4) is 0 Å². The Morgan fingerprint density at radius 1 is 1.40 bits per heavy atom. The number of carboxylic acid groups (broad SMARTS) is 1. The molecule has 0 aliphatic heterocycles. The van der Waals surface area contributed by atoms with Crippen LogP contribution in [0, 0.1) is 5.41 Å². The molecular formula is C15H19NO3S. The van der Waals surface area contributed by atoms with Gasteiger partial charge >= 0.3 is 5.97 Å². The fraction of sp³-hybridized carbons (Fsp3) is 0.467. The molecule has 1 fully saturated rings. The zero-order chi connectivity index (χ0) is 14.8. The van der Waals surface area contributed by atoms with Gasteiger partial charge in [0.2, 0.25) is 0 Å². The third-order valence-electron chi connectivity index (χ3n) is 4.10. The molecule has 1 amide bonds. The molecular weight excluding hydrogens is 274 g/mol. The molecule has 1 aliphatic carbocycles. The molecule has 4 nitrogen and oxygen atoms in total. The minimum Gasteiger partial charge on any atom is -0.481 e. The van der Waals surface area contributed by atoms with Crippen LogP contribution in [0.3, 0.4) is 0 Å². The van der Waals surface area contributed by atoms with Gasteiger partial charge in [-0.1, -0.05) is 18.6 Å². The van der Waals surface area contributed by atoms with E-state index < -0.39 is 11.4 Å². The van der Waals surface area contributed by atoms with Gasteiger partial charge in [-0.15, -0.1) is 11.8 Å². The van der Waals surface area contributed by atoms with E-state index in [1.54, 1.807) is 13.0 Å². The number of benzene rings is 1. The van der Waals surface area contributed by atoms with E-state index in [0.717, 1.165) is 17.7 Å². The summed E-state index contributed by atoms with van der Waals surface area (Å²) in [5.41, 5.74) is -0.246. The molecule has 2 N–H and O–H groups in total. The summed E-state index contributed by atoms with van der Waals surface area (Å²) in [5.74, 6) is -1.02. The van der Waals surface area contributed by atoms with Crippen molar-refractivity contribution < 1.29 is 14.7 Å². The molecule has 20 heavy (non-hydrogen) atoms. The Balaban J connectivity index is 2.18. The summed E-state index contributed by atoms with van der Waals surface area (Å²) >= 11 is 1.51. The fourth-order valence-corrected chi connectivity index (χ4v) is 3.32. The molecule has 1 aliphatic rings. The number of carboxylic acids is 1. The Bertz CT molecular complexity index is 532. The molecule has 2 rings (SSSR count). The van der Waals surface area contributed by atoms with Gasteiger partial charge in [0.25, 0.3) is 5.91 Å². The van der Waals surface area contributed by atoms with E-state index in [9.17, 15) is 14.7 Å². The van der Waals surface area contributed by atoms with Crippen LogP contribution in [0.5, 0.6) is 0 Å². The lowest BCUT2D eigenvalue weighted by molar-refractivity contribution is -0.148. The van der Waals surface area contributed by atoms with E-state index in [4.69, 9.17) is 0 Å². The maximum absolute atomic E-state index is 12.4. The summed E-state index contributed by atoms with van der Waals surface area (Å²) in [6, 6.07) is 7.07. The molecule has 0 aromatic heterocycles. The molecule has 1 aromatic carbocycles. The Labute approximate surface area is 123 Å². The van der Waals surface area contributed by atoms with Gasteiger partial charge in [-0.2, -0.15) is 0 Å². The van der Waals surface area contributed by atoms with E-state index in [0.29, 0.717) is 12.0 Å². The number of carbonyl (C=O) groups excluding carboxylic acids is 1. The molecule has 2 unspecified atom stereocenters. The summed E-state index contributed by atoms with van der Waals surface area (Å²) in [5, 5.41) is 12.3. The zero-order valence-corrected chi connectivity index (χ0v) is 12.5. The number of carbonyl (C=O) groups is 2. The smallest absolute Gasteiger partial charge is 0.311 e. The Morgan fingerprint density at radius 2 is 2.10 bits per heavy atom. The normalized spacial score (nSPS) is 25.4. The highest BCUT2D eigenvalue weighted by molar-refractivity contribution is 7.98. The van der Waals surface area contributed by atoms with Crippen molar-refractivity contribution in [2.75, 3.05) is 6.26 Å². The van der Waals surface area contributed by atoms with Gasteiger partial charge in [0.05, 0.1) is 11.0 Å². The summed E-state index contributed by atoms with van der Waals surface area (Å²) in [6.07, 6.45) is 4.08. The van der Waals surface area contributed by atoms with E-state index in [2.05, 4.69) is 5.32 Å². The average Bonchev–Trinajstić information content (AvgIpc) is 2.81. The largest absolute Gasteiger partial charge is 0.481 e. The van der Waals surface area contributed by atoms with Gasteiger partial charge in [-0.25, -0.2) is 0 Å². The summed E-state index contributed by atoms with van der Waals surface area (Å²) in [4.78, 5) is 24.7. The first kappa shape index (κ1) is 14.9. The molecule has 0 radical (unpaired) electrons. The SMILES string of the molecule is CSc1ccccc1C(=O)NC1CCCC1(C)C(=O)O. The Kier molecular flexibility index (Phi) is 4.38. The monoisotopic (exact) mass is 293 g/mol. The van der Waals surface area contributed by atoms with Crippen molar-refractivity contribution in [2.24, 2.45) is 5.41 Å². The summed E-state index contributed by atoms with van der Waals surface area (Å²) in [6.45, 7) is 1.72. The second-order valence-corrected chi connectivity index (χ2v) is 6.19. The second-order valence-electron chi connectivity index (χ2n) is 5.34. The molecule has 0 spiro atoms. The topological polar surface area (TPSA) is 66.4 Å². The van der Waals surface area contributed by atoms with E-state index in [-0.39, 0.29) is 11.9 Å². The van der Waals surface area contributed by atoms with Crippen LogP contribution in [0.15, 0.2) is 29.2 Å². The van der Waals surface area contributed by atoms with Crippen LogP contribution in [0.2, 0.25) is 0 Å². The van der Waals surface area contributed by atoms with E-state index in [1.165, 1.54) is 11.8 Å². The van der Waals surface area contributed by atoms with Crippen molar-refractivity contribution in [1.82, 2.24) is 5.32 Å². The molecule has 2 atom stereocenters.